The molecule has 1 aliphatic carbocycles. The Morgan fingerprint density at radius 2 is 2.03 bits per heavy atom. The van der Waals surface area contributed by atoms with Gasteiger partial charge in [-0.15, -0.1) is 11.8 Å². The fourth-order valence-electron chi connectivity index (χ4n) is 3.67. The highest BCUT2D eigenvalue weighted by atomic mass is 32.2. The molecule has 3 rings (SSSR count). The summed E-state index contributed by atoms with van der Waals surface area (Å²) < 4.78 is 5.78. The van der Waals surface area contributed by atoms with Crippen LogP contribution < -0.4 is 15.5 Å². The number of hydrogen-bond donors (Lipinski definition) is 2. The zero-order chi connectivity index (χ0) is 23.5. The minimum atomic E-state index is -0.270. The first kappa shape index (κ1) is 25.0. The average molecular weight is 491 g/mol. The van der Waals surface area contributed by atoms with Gasteiger partial charge < -0.3 is 14.8 Å². The normalized spacial score (nSPS) is 13.5. The van der Waals surface area contributed by atoms with Gasteiger partial charge >= 0.3 is 12.0 Å². The first-order valence-corrected chi connectivity index (χ1v) is 13.0. The average Bonchev–Trinajstić information content (AvgIpc) is 3.49. The Kier molecular flexibility index (Phi) is 10.0. The Morgan fingerprint density at radius 1 is 1.27 bits per heavy atom. The summed E-state index contributed by atoms with van der Waals surface area (Å²) in [4.78, 5) is 41.3. The van der Waals surface area contributed by atoms with Crippen molar-refractivity contribution in [1.29, 1.82) is 0 Å². The van der Waals surface area contributed by atoms with Crippen LogP contribution in [0.25, 0.3) is 0 Å². The van der Waals surface area contributed by atoms with Crippen LogP contribution >= 0.6 is 23.1 Å². The van der Waals surface area contributed by atoms with Crippen LogP contribution in [0.15, 0.2) is 34.7 Å². The minimum absolute atomic E-state index is 0.213. The predicted octanol–water partition coefficient (Wildman–Crippen LogP) is 5.03. The van der Waals surface area contributed by atoms with Gasteiger partial charge in [-0.1, -0.05) is 24.2 Å². The standard InChI is InChI=1S/C23H30N4O4S2/c1-2-31-20(29)16-32-21-14-25-22(33-21)26-23(30)27(15-17-6-3-4-7-17)19-10-8-18(9-11-19)24-12-5-13-28/h8-11,13-14,17,24H,2-7,12,15-16H2,1H3,(H,25,26,30). The van der Waals surface area contributed by atoms with Gasteiger partial charge in [0, 0.05) is 30.9 Å². The molecule has 0 spiro atoms. The van der Waals surface area contributed by atoms with Crippen molar-refractivity contribution in [1.82, 2.24) is 4.98 Å². The highest BCUT2D eigenvalue weighted by Crippen LogP contribution is 2.31. The fraction of sp³-hybridized carbons (Fsp3) is 0.478. The van der Waals surface area contributed by atoms with Crippen LogP contribution in [-0.4, -0.2) is 48.7 Å². The second-order valence-corrected chi connectivity index (χ2v) is 10.0. The van der Waals surface area contributed by atoms with Crippen LogP contribution in [0, 0.1) is 5.92 Å². The molecule has 2 N–H and O–H groups in total. The van der Waals surface area contributed by atoms with Crippen molar-refractivity contribution in [2.75, 3.05) is 41.0 Å². The number of aldehydes is 1. The third-order valence-corrected chi connectivity index (χ3v) is 7.35. The van der Waals surface area contributed by atoms with Gasteiger partial charge in [0.1, 0.15) is 6.29 Å². The van der Waals surface area contributed by atoms with Gasteiger partial charge in [-0.05, 0) is 49.9 Å². The number of carbonyl (C=O) groups excluding carboxylic acids is 3. The van der Waals surface area contributed by atoms with E-state index in [-0.39, 0.29) is 17.8 Å². The fourth-order valence-corrected chi connectivity index (χ4v) is 5.33. The molecule has 33 heavy (non-hydrogen) atoms. The molecule has 1 aliphatic rings. The summed E-state index contributed by atoms with van der Waals surface area (Å²) in [6.07, 6.45) is 7.65. The van der Waals surface area contributed by atoms with Crippen molar-refractivity contribution in [3.8, 4) is 0 Å². The summed E-state index contributed by atoms with van der Waals surface area (Å²) in [7, 11) is 0. The van der Waals surface area contributed by atoms with Crippen molar-refractivity contribution in [3.05, 3.63) is 30.5 Å². The zero-order valence-corrected chi connectivity index (χ0v) is 20.4. The number of nitrogens with zero attached hydrogens (tertiary/aromatic N) is 2. The Labute approximate surface area is 202 Å². The summed E-state index contributed by atoms with van der Waals surface area (Å²) in [5.74, 6) is 0.422. The quantitative estimate of drug-likeness (QED) is 0.186. The van der Waals surface area contributed by atoms with Crippen molar-refractivity contribution in [2.24, 2.45) is 5.92 Å². The minimum Gasteiger partial charge on any atom is -0.465 e. The number of ether oxygens (including phenoxy) is 1. The van der Waals surface area contributed by atoms with E-state index in [9.17, 15) is 14.4 Å². The van der Waals surface area contributed by atoms with E-state index in [1.165, 1.54) is 35.9 Å². The molecule has 178 valence electrons. The van der Waals surface area contributed by atoms with E-state index in [1.54, 1.807) is 18.0 Å². The molecule has 0 atom stereocenters. The molecule has 1 saturated carbocycles. The summed E-state index contributed by atoms with van der Waals surface area (Å²) in [5.41, 5.74) is 1.72. The van der Waals surface area contributed by atoms with Gasteiger partial charge in [0.25, 0.3) is 0 Å². The Bertz CT molecular complexity index is 913. The summed E-state index contributed by atoms with van der Waals surface area (Å²) in [5, 5.41) is 6.60. The van der Waals surface area contributed by atoms with Crippen LogP contribution in [0.5, 0.6) is 0 Å². The Balaban J connectivity index is 1.64. The number of thioether (sulfide) groups is 1. The molecule has 1 fully saturated rings. The number of amides is 2. The number of rotatable bonds is 12. The zero-order valence-electron chi connectivity index (χ0n) is 18.7. The molecule has 0 aliphatic heterocycles. The number of esters is 1. The van der Waals surface area contributed by atoms with Crippen LogP contribution in [-0.2, 0) is 14.3 Å². The molecule has 10 heteroatoms. The maximum atomic E-state index is 13.2. The van der Waals surface area contributed by atoms with E-state index < -0.39 is 0 Å². The lowest BCUT2D eigenvalue weighted by molar-refractivity contribution is -0.139. The molecule has 2 amide bonds. The Morgan fingerprint density at radius 3 is 2.73 bits per heavy atom. The lowest BCUT2D eigenvalue weighted by Gasteiger charge is -2.26. The number of hydrogen-bond acceptors (Lipinski definition) is 8. The molecule has 0 radical (unpaired) electrons. The number of benzene rings is 1. The number of aromatic nitrogens is 1. The van der Waals surface area contributed by atoms with Crippen molar-refractivity contribution < 1.29 is 19.1 Å². The van der Waals surface area contributed by atoms with E-state index >= 15 is 0 Å². The van der Waals surface area contributed by atoms with Gasteiger partial charge in [-0.2, -0.15) is 0 Å². The largest absolute Gasteiger partial charge is 0.465 e. The summed E-state index contributed by atoms with van der Waals surface area (Å²) >= 11 is 2.68. The maximum Gasteiger partial charge on any atom is 0.328 e. The molecule has 1 heterocycles. The van der Waals surface area contributed by atoms with E-state index in [0.717, 1.165) is 34.7 Å². The first-order valence-electron chi connectivity index (χ1n) is 11.2. The van der Waals surface area contributed by atoms with E-state index in [0.29, 0.717) is 37.2 Å². The molecule has 0 saturated heterocycles. The molecule has 2 aromatic rings. The maximum absolute atomic E-state index is 13.2. The van der Waals surface area contributed by atoms with Crippen LogP contribution in [0.4, 0.5) is 21.3 Å². The SMILES string of the molecule is CCOC(=O)CSc1cnc(NC(=O)N(CC2CCCC2)c2ccc(NCCC=O)cc2)s1. The van der Waals surface area contributed by atoms with Gasteiger partial charge in [0.05, 0.1) is 22.8 Å². The molecule has 0 bridgehead atoms. The lowest BCUT2D eigenvalue weighted by atomic mass is 10.1. The van der Waals surface area contributed by atoms with E-state index in [2.05, 4.69) is 15.6 Å². The van der Waals surface area contributed by atoms with E-state index in [4.69, 9.17) is 4.74 Å². The monoisotopic (exact) mass is 490 g/mol. The third kappa shape index (κ3) is 8.04. The smallest absolute Gasteiger partial charge is 0.328 e. The predicted molar refractivity (Wildman–Crippen MR) is 133 cm³/mol. The van der Waals surface area contributed by atoms with Crippen molar-refractivity contribution in [3.63, 3.8) is 0 Å². The van der Waals surface area contributed by atoms with Gasteiger partial charge in [-0.3, -0.25) is 15.0 Å². The number of nitrogens with one attached hydrogen (secondary N) is 2. The lowest BCUT2D eigenvalue weighted by Crippen LogP contribution is -2.38. The van der Waals surface area contributed by atoms with Gasteiger partial charge in [-0.25, -0.2) is 9.78 Å². The highest BCUT2D eigenvalue weighted by Gasteiger charge is 2.24. The van der Waals surface area contributed by atoms with Gasteiger partial charge in [0.2, 0.25) is 0 Å². The third-order valence-electron chi connectivity index (χ3n) is 5.27. The topological polar surface area (TPSA) is 101 Å². The molecular weight excluding hydrogens is 460 g/mol. The van der Waals surface area contributed by atoms with Crippen LogP contribution in [0.1, 0.15) is 39.0 Å². The number of urea groups is 1. The molecular formula is C23H30N4O4S2. The highest BCUT2D eigenvalue weighted by molar-refractivity contribution is 8.01. The molecule has 1 aromatic carbocycles. The van der Waals surface area contributed by atoms with Crippen LogP contribution in [0.2, 0.25) is 0 Å². The van der Waals surface area contributed by atoms with Gasteiger partial charge in [0.15, 0.2) is 5.13 Å². The summed E-state index contributed by atoms with van der Waals surface area (Å²) in [6, 6.07) is 7.45. The van der Waals surface area contributed by atoms with Crippen molar-refractivity contribution >= 4 is 57.9 Å². The second kappa shape index (κ2) is 13.2. The number of thiazole rings is 1. The van der Waals surface area contributed by atoms with Crippen LogP contribution in [0.3, 0.4) is 0 Å². The number of anilines is 3. The number of carbonyl (C=O) groups is 3. The molecule has 8 nitrogen and oxygen atoms in total. The molecule has 1 aromatic heterocycles. The van der Waals surface area contributed by atoms with Crippen molar-refractivity contribution in [2.45, 2.75) is 43.2 Å². The van der Waals surface area contributed by atoms with E-state index in [1.807, 2.05) is 24.3 Å². The molecule has 0 unspecified atom stereocenters. The Hall–Kier alpha value is -2.59. The summed E-state index contributed by atoms with van der Waals surface area (Å²) in [6.45, 7) is 3.36. The first-order chi connectivity index (χ1) is 16.1. The second-order valence-electron chi connectivity index (χ2n) is 7.70.